The predicted molar refractivity (Wildman–Crippen MR) is 86.8 cm³/mol. The third kappa shape index (κ3) is 3.80. The maximum absolute atomic E-state index is 4.60. The molecule has 2 heteroatoms. The highest BCUT2D eigenvalue weighted by atomic mass is 14.9. The van der Waals surface area contributed by atoms with Crippen molar-refractivity contribution in [1.82, 2.24) is 10.3 Å². The van der Waals surface area contributed by atoms with Crippen molar-refractivity contribution >= 4 is 10.9 Å². The minimum Gasteiger partial charge on any atom is -0.310 e. The van der Waals surface area contributed by atoms with Crippen molar-refractivity contribution in [2.45, 2.75) is 46.6 Å². The van der Waals surface area contributed by atoms with Gasteiger partial charge in [-0.3, -0.25) is 4.98 Å². The minimum absolute atomic E-state index is 0.294. The maximum Gasteiger partial charge on any atom is 0.0749 e. The van der Waals surface area contributed by atoms with Gasteiger partial charge in [-0.1, -0.05) is 52.0 Å². The van der Waals surface area contributed by atoms with Gasteiger partial charge in [-0.05, 0) is 36.4 Å². The Hall–Kier alpha value is -1.41. The third-order valence-corrected chi connectivity index (χ3v) is 3.50. The van der Waals surface area contributed by atoms with Crippen LogP contribution in [-0.2, 0) is 0 Å². The van der Waals surface area contributed by atoms with Crippen molar-refractivity contribution in [1.29, 1.82) is 0 Å². The number of pyridine rings is 1. The molecule has 0 saturated carbocycles. The Labute approximate surface area is 122 Å². The smallest absolute Gasteiger partial charge is 0.0749 e. The van der Waals surface area contributed by atoms with Crippen molar-refractivity contribution in [3.05, 3.63) is 42.1 Å². The van der Waals surface area contributed by atoms with Gasteiger partial charge >= 0.3 is 0 Å². The molecule has 1 aromatic heterocycles. The number of fused-ring (bicyclic) bond motifs is 1. The third-order valence-electron chi connectivity index (χ3n) is 3.50. The number of nitrogens with one attached hydrogen (secondary N) is 1. The fraction of sp³-hybridized carbons (Fsp3) is 0.500. The van der Waals surface area contributed by atoms with Gasteiger partial charge in [-0.25, -0.2) is 0 Å². The van der Waals surface area contributed by atoms with Crippen LogP contribution < -0.4 is 5.32 Å². The summed E-state index contributed by atoms with van der Waals surface area (Å²) in [5, 5.41) is 4.92. The number of aromatic nitrogens is 1. The highest BCUT2D eigenvalue weighted by Gasteiger charge is 2.21. The van der Waals surface area contributed by atoms with E-state index in [2.05, 4.69) is 62.3 Å². The molecule has 1 atom stereocenters. The lowest BCUT2D eigenvalue weighted by Gasteiger charge is -2.28. The number of hydrogen-bond donors (Lipinski definition) is 1. The van der Waals surface area contributed by atoms with Crippen LogP contribution in [-0.4, -0.2) is 11.5 Å². The molecule has 2 rings (SSSR count). The van der Waals surface area contributed by atoms with Crippen molar-refractivity contribution in [3.8, 4) is 0 Å². The van der Waals surface area contributed by atoms with Gasteiger partial charge in [0.15, 0.2) is 0 Å². The summed E-state index contributed by atoms with van der Waals surface area (Å²) < 4.78 is 0. The highest BCUT2D eigenvalue weighted by Crippen LogP contribution is 2.32. The lowest BCUT2D eigenvalue weighted by Crippen LogP contribution is -2.26. The molecule has 0 aliphatic rings. The van der Waals surface area contributed by atoms with Gasteiger partial charge in [0.2, 0.25) is 0 Å². The molecule has 0 radical (unpaired) electrons. The first-order chi connectivity index (χ1) is 9.51. The summed E-state index contributed by atoms with van der Waals surface area (Å²) in [5.41, 5.74) is 2.75. The zero-order valence-electron chi connectivity index (χ0n) is 13.1. The topological polar surface area (TPSA) is 24.9 Å². The quantitative estimate of drug-likeness (QED) is 0.851. The van der Waals surface area contributed by atoms with Crippen molar-refractivity contribution in [3.63, 3.8) is 0 Å². The molecule has 0 aliphatic carbocycles. The lowest BCUT2D eigenvalue weighted by molar-refractivity contribution is 0.312. The van der Waals surface area contributed by atoms with E-state index in [9.17, 15) is 0 Å². The number of rotatable bonds is 5. The Morgan fingerprint density at radius 1 is 1.15 bits per heavy atom. The predicted octanol–water partition coefficient (Wildman–Crippen LogP) is 4.71. The largest absolute Gasteiger partial charge is 0.310 e. The van der Waals surface area contributed by atoms with Gasteiger partial charge in [0.1, 0.15) is 0 Å². The van der Waals surface area contributed by atoms with E-state index >= 15 is 0 Å². The zero-order valence-corrected chi connectivity index (χ0v) is 13.1. The summed E-state index contributed by atoms with van der Waals surface area (Å²) in [5.74, 6) is 0. The maximum atomic E-state index is 4.60. The molecule has 108 valence electrons. The molecule has 0 fully saturated rings. The molecule has 1 aromatic carbocycles. The van der Waals surface area contributed by atoms with Crippen LogP contribution in [0.25, 0.3) is 10.9 Å². The Bertz CT molecular complexity index is 549. The molecule has 1 heterocycles. The summed E-state index contributed by atoms with van der Waals surface area (Å²) in [4.78, 5) is 4.60. The molecular weight excluding hydrogens is 244 g/mol. The first-order valence-corrected chi connectivity index (χ1v) is 7.58. The monoisotopic (exact) mass is 270 g/mol. The van der Waals surface area contributed by atoms with Crippen LogP contribution in [0.1, 0.15) is 52.1 Å². The molecule has 0 spiro atoms. The molecule has 1 unspecified atom stereocenters. The van der Waals surface area contributed by atoms with E-state index in [4.69, 9.17) is 0 Å². The first-order valence-electron chi connectivity index (χ1n) is 7.58. The number of nitrogens with zero attached hydrogens (tertiary/aromatic N) is 1. The second-order valence-electron chi connectivity index (χ2n) is 6.69. The summed E-state index contributed by atoms with van der Waals surface area (Å²) in [6.07, 6.45) is 4.15. The summed E-state index contributed by atoms with van der Waals surface area (Å²) in [6.45, 7) is 10.1. The van der Waals surface area contributed by atoms with E-state index in [1.54, 1.807) is 0 Å². The standard InChI is InChI=1S/C18H26N2/c1-5-11-19-16(13-18(2,3)4)15-10-6-8-14-9-7-12-20-17(14)15/h6-10,12,16,19H,5,11,13H2,1-4H3. The van der Waals surface area contributed by atoms with Crippen LogP contribution in [0.3, 0.4) is 0 Å². The van der Waals surface area contributed by atoms with Crippen LogP contribution >= 0.6 is 0 Å². The van der Waals surface area contributed by atoms with Gasteiger partial charge in [0, 0.05) is 17.6 Å². The van der Waals surface area contributed by atoms with Crippen LogP contribution in [0.5, 0.6) is 0 Å². The van der Waals surface area contributed by atoms with Gasteiger partial charge < -0.3 is 5.32 Å². The molecule has 0 aliphatic heterocycles. The summed E-state index contributed by atoms with van der Waals surface area (Å²) in [7, 11) is 0. The van der Waals surface area contributed by atoms with E-state index in [0.717, 1.165) is 24.9 Å². The number of benzene rings is 1. The van der Waals surface area contributed by atoms with E-state index < -0.39 is 0 Å². The van der Waals surface area contributed by atoms with Crippen LogP contribution in [0, 0.1) is 5.41 Å². The average Bonchev–Trinajstić information content (AvgIpc) is 2.41. The molecule has 2 nitrogen and oxygen atoms in total. The Balaban J connectivity index is 2.39. The minimum atomic E-state index is 0.294. The van der Waals surface area contributed by atoms with Crippen molar-refractivity contribution < 1.29 is 0 Å². The SMILES string of the molecule is CCCNC(CC(C)(C)C)c1cccc2cccnc12. The summed E-state index contributed by atoms with van der Waals surface area (Å²) >= 11 is 0. The summed E-state index contributed by atoms with van der Waals surface area (Å²) in [6, 6.07) is 11.0. The lowest BCUT2D eigenvalue weighted by atomic mass is 9.85. The highest BCUT2D eigenvalue weighted by molar-refractivity contribution is 5.82. The Kier molecular flexibility index (Phi) is 4.77. The molecule has 1 N–H and O–H groups in total. The van der Waals surface area contributed by atoms with Crippen molar-refractivity contribution in [2.24, 2.45) is 5.41 Å². The van der Waals surface area contributed by atoms with Crippen molar-refractivity contribution in [2.75, 3.05) is 6.54 Å². The molecule has 2 aromatic rings. The van der Waals surface area contributed by atoms with Gasteiger partial charge in [0.05, 0.1) is 5.52 Å². The number of hydrogen-bond acceptors (Lipinski definition) is 2. The molecule has 0 saturated heterocycles. The van der Waals surface area contributed by atoms with E-state index in [-0.39, 0.29) is 0 Å². The van der Waals surface area contributed by atoms with Crippen LogP contribution in [0.4, 0.5) is 0 Å². The number of para-hydroxylation sites is 1. The van der Waals surface area contributed by atoms with Gasteiger partial charge in [-0.2, -0.15) is 0 Å². The van der Waals surface area contributed by atoms with Crippen LogP contribution in [0.2, 0.25) is 0 Å². The normalized spacial score (nSPS) is 13.6. The second-order valence-corrected chi connectivity index (χ2v) is 6.69. The molecule has 0 bridgehead atoms. The Morgan fingerprint density at radius 2 is 1.90 bits per heavy atom. The van der Waals surface area contributed by atoms with E-state index in [0.29, 0.717) is 11.5 Å². The second kappa shape index (κ2) is 6.36. The van der Waals surface area contributed by atoms with E-state index in [1.807, 2.05) is 12.3 Å². The fourth-order valence-corrected chi connectivity index (χ4v) is 2.63. The molecule has 0 amide bonds. The fourth-order valence-electron chi connectivity index (χ4n) is 2.63. The molecular formula is C18H26N2. The van der Waals surface area contributed by atoms with E-state index in [1.165, 1.54) is 10.9 Å². The Morgan fingerprint density at radius 3 is 2.60 bits per heavy atom. The van der Waals surface area contributed by atoms with Crippen LogP contribution in [0.15, 0.2) is 36.5 Å². The van der Waals surface area contributed by atoms with Gasteiger partial charge in [-0.15, -0.1) is 0 Å². The van der Waals surface area contributed by atoms with Gasteiger partial charge in [0.25, 0.3) is 0 Å². The first kappa shape index (κ1) is 15.0. The average molecular weight is 270 g/mol. The molecule has 20 heavy (non-hydrogen) atoms. The zero-order chi connectivity index (χ0) is 14.6.